The molecule has 4 rings (SSSR count). The molecular weight excluding hydrogens is 430 g/mol. The molecule has 1 fully saturated rings. The molecule has 3 aromatic carbocycles. The minimum absolute atomic E-state index is 0.0405. The van der Waals surface area contributed by atoms with Crippen molar-refractivity contribution in [2.45, 2.75) is 0 Å². The molecule has 0 atom stereocenters. The number of phenols is 1. The average molecular weight is 445 g/mol. The highest BCUT2D eigenvalue weighted by atomic mass is 32.1. The van der Waals surface area contributed by atoms with E-state index in [1.54, 1.807) is 42.5 Å². The number of anilines is 2. The lowest BCUT2D eigenvalue weighted by atomic mass is 10.0. The van der Waals surface area contributed by atoms with Crippen molar-refractivity contribution < 1.29 is 19.6 Å². The Morgan fingerprint density at radius 1 is 0.844 bits per heavy atom. The Balaban J connectivity index is 1.87. The summed E-state index contributed by atoms with van der Waals surface area (Å²) in [6.45, 7) is 0. The summed E-state index contributed by atoms with van der Waals surface area (Å²) in [5.74, 6) is -1.29. The van der Waals surface area contributed by atoms with E-state index in [1.165, 1.54) is 47.4 Å². The lowest BCUT2D eigenvalue weighted by Gasteiger charge is -2.36. The number of aromatic hydroxyl groups is 1. The van der Waals surface area contributed by atoms with E-state index >= 15 is 0 Å². The molecule has 1 aliphatic heterocycles. The van der Waals surface area contributed by atoms with Gasteiger partial charge in [-0.25, -0.2) is 0 Å². The van der Waals surface area contributed by atoms with Gasteiger partial charge in [-0.3, -0.25) is 29.5 Å². The maximum atomic E-state index is 13.4. The number of rotatable bonds is 4. The molecule has 1 aliphatic rings. The van der Waals surface area contributed by atoms with E-state index < -0.39 is 16.7 Å². The Bertz CT molecular complexity index is 1270. The number of nitro groups is 1. The van der Waals surface area contributed by atoms with Gasteiger partial charge >= 0.3 is 0 Å². The van der Waals surface area contributed by atoms with Gasteiger partial charge in [0.05, 0.1) is 16.3 Å². The standard InChI is InChI=1S/C23H15N3O5S/c27-19-11-9-15(10-12-19)13-20-21(28)24(16-5-2-1-3-6-16)23(32)25(22(20)29)17-7-4-8-18(14-17)26(30)31/h1-14,27H. The summed E-state index contributed by atoms with van der Waals surface area (Å²) in [5.41, 5.74) is 0.727. The Hall–Kier alpha value is -4.37. The zero-order valence-corrected chi connectivity index (χ0v) is 17.2. The second-order valence-electron chi connectivity index (χ2n) is 6.83. The summed E-state index contributed by atoms with van der Waals surface area (Å²) in [5, 5.41) is 20.6. The monoisotopic (exact) mass is 445 g/mol. The number of amides is 2. The van der Waals surface area contributed by atoms with Crippen LogP contribution in [0.15, 0.2) is 84.4 Å². The Labute approximate surface area is 187 Å². The van der Waals surface area contributed by atoms with Crippen LogP contribution in [0.5, 0.6) is 5.75 Å². The number of phenolic OH excluding ortho intramolecular Hbond substituents is 1. The number of carbonyl (C=O) groups excluding carboxylic acids is 2. The molecule has 1 heterocycles. The van der Waals surface area contributed by atoms with Crippen LogP contribution < -0.4 is 9.80 Å². The molecule has 0 aromatic heterocycles. The van der Waals surface area contributed by atoms with E-state index in [4.69, 9.17) is 12.2 Å². The summed E-state index contributed by atoms with van der Waals surface area (Å²) in [4.78, 5) is 39.7. The first-order chi connectivity index (χ1) is 15.4. The Kier molecular flexibility index (Phi) is 5.48. The lowest BCUT2D eigenvalue weighted by Crippen LogP contribution is -2.56. The van der Waals surface area contributed by atoms with E-state index in [-0.39, 0.29) is 27.8 Å². The fourth-order valence-corrected chi connectivity index (χ4v) is 3.62. The SMILES string of the molecule is O=C1C(=Cc2ccc(O)cc2)C(=O)N(c2cccc([N+](=O)[O-])c2)C(=S)N1c1ccccc1. The number of hydrogen-bond acceptors (Lipinski definition) is 6. The minimum Gasteiger partial charge on any atom is -0.508 e. The molecule has 2 amide bonds. The number of nitro benzene ring substituents is 1. The van der Waals surface area contributed by atoms with Gasteiger partial charge in [0.25, 0.3) is 17.5 Å². The number of thiocarbonyl (C=S) groups is 1. The van der Waals surface area contributed by atoms with Crippen molar-refractivity contribution in [3.8, 4) is 5.75 Å². The van der Waals surface area contributed by atoms with Crippen molar-refractivity contribution in [2.24, 2.45) is 0 Å². The summed E-state index contributed by atoms with van der Waals surface area (Å²) in [6.07, 6.45) is 1.40. The van der Waals surface area contributed by atoms with Crippen molar-refractivity contribution in [1.29, 1.82) is 0 Å². The highest BCUT2D eigenvalue weighted by Gasteiger charge is 2.41. The van der Waals surface area contributed by atoms with Crippen molar-refractivity contribution in [3.63, 3.8) is 0 Å². The van der Waals surface area contributed by atoms with Crippen LogP contribution in [0, 0.1) is 10.1 Å². The Morgan fingerprint density at radius 3 is 2.06 bits per heavy atom. The van der Waals surface area contributed by atoms with Gasteiger partial charge in [0.1, 0.15) is 11.3 Å². The van der Waals surface area contributed by atoms with Crippen LogP contribution in [0.25, 0.3) is 6.08 Å². The largest absolute Gasteiger partial charge is 0.508 e. The summed E-state index contributed by atoms with van der Waals surface area (Å²) >= 11 is 5.49. The predicted molar refractivity (Wildman–Crippen MR) is 123 cm³/mol. The minimum atomic E-state index is -0.708. The molecule has 0 spiro atoms. The molecule has 158 valence electrons. The van der Waals surface area contributed by atoms with E-state index in [1.807, 2.05) is 0 Å². The number of nitrogens with zero attached hydrogens (tertiary/aromatic N) is 3. The van der Waals surface area contributed by atoms with Gasteiger partial charge in [-0.2, -0.15) is 0 Å². The molecule has 1 saturated heterocycles. The zero-order chi connectivity index (χ0) is 22.8. The van der Waals surface area contributed by atoms with Crippen LogP contribution in [0.4, 0.5) is 17.1 Å². The van der Waals surface area contributed by atoms with Gasteiger partial charge in [-0.15, -0.1) is 0 Å². The van der Waals surface area contributed by atoms with Crippen LogP contribution in [0.1, 0.15) is 5.56 Å². The molecule has 32 heavy (non-hydrogen) atoms. The summed E-state index contributed by atoms with van der Waals surface area (Å²) in [7, 11) is 0. The van der Waals surface area contributed by atoms with Crippen molar-refractivity contribution in [3.05, 3.63) is 100 Å². The number of para-hydroxylation sites is 1. The van der Waals surface area contributed by atoms with Crippen molar-refractivity contribution in [2.75, 3.05) is 9.80 Å². The fraction of sp³-hybridized carbons (Fsp3) is 0. The third-order valence-electron chi connectivity index (χ3n) is 4.77. The summed E-state index contributed by atoms with van der Waals surface area (Å²) in [6, 6.07) is 20.0. The normalized spacial score (nSPS) is 15.4. The molecule has 0 aliphatic carbocycles. The van der Waals surface area contributed by atoms with E-state index in [0.717, 1.165) is 4.90 Å². The van der Waals surface area contributed by atoms with E-state index in [0.29, 0.717) is 11.3 Å². The predicted octanol–water partition coefficient (Wildman–Crippen LogP) is 4.05. The van der Waals surface area contributed by atoms with Gasteiger partial charge in [-0.1, -0.05) is 36.4 Å². The molecule has 0 radical (unpaired) electrons. The maximum absolute atomic E-state index is 13.4. The number of carbonyl (C=O) groups is 2. The molecule has 0 unspecified atom stereocenters. The molecule has 8 nitrogen and oxygen atoms in total. The summed E-state index contributed by atoms with van der Waals surface area (Å²) < 4.78 is 0. The van der Waals surface area contributed by atoms with Gasteiger partial charge in [-0.05, 0) is 54.2 Å². The molecule has 0 saturated carbocycles. The van der Waals surface area contributed by atoms with Crippen molar-refractivity contribution >= 4 is 52.3 Å². The smallest absolute Gasteiger partial charge is 0.271 e. The van der Waals surface area contributed by atoms with Crippen LogP contribution in [-0.4, -0.2) is 27.0 Å². The lowest BCUT2D eigenvalue weighted by molar-refractivity contribution is -0.384. The highest BCUT2D eigenvalue weighted by Crippen LogP contribution is 2.31. The third-order valence-corrected chi connectivity index (χ3v) is 5.13. The van der Waals surface area contributed by atoms with E-state index in [9.17, 15) is 24.8 Å². The number of hydrogen-bond donors (Lipinski definition) is 1. The van der Waals surface area contributed by atoms with Crippen LogP contribution in [0.3, 0.4) is 0 Å². The van der Waals surface area contributed by atoms with Crippen LogP contribution >= 0.6 is 12.2 Å². The first kappa shape index (κ1) is 20.9. The zero-order valence-electron chi connectivity index (χ0n) is 16.4. The molecule has 9 heteroatoms. The topological polar surface area (TPSA) is 104 Å². The maximum Gasteiger partial charge on any atom is 0.271 e. The van der Waals surface area contributed by atoms with Gasteiger partial charge < -0.3 is 5.11 Å². The van der Waals surface area contributed by atoms with Gasteiger partial charge in [0.2, 0.25) is 0 Å². The van der Waals surface area contributed by atoms with Gasteiger partial charge in [0, 0.05) is 12.1 Å². The van der Waals surface area contributed by atoms with Crippen LogP contribution in [-0.2, 0) is 9.59 Å². The van der Waals surface area contributed by atoms with Gasteiger partial charge in [0.15, 0.2) is 5.11 Å². The molecule has 3 aromatic rings. The molecule has 1 N–H and O–H groups in total. The number of benzene rings is 3. The second kappa shape index (κ2) is 8.40. The first-order valence-corrected chi connectivity index (χ1v) is 9.81. The molecule has 0 bridgehead atoms. The third kappa shape index (κ3) is 3.84. The fourth-order valence-electron chi connectivity index (χ4n) is 3.24. The number of non-ortho nitro benzene ring substituents is 1. The van der Waals surface area contributed by atoms with Crippen molar-refractivity contribution in [1.82, 2.24) is 0 Å². The van der Waals surface area contributed by atoms with Crippen LogP contribution in [0.2, 0.25) is 0 Å². The molecular formula is C23H15N3O5S. The quantitative estimate of drug-likeness (QED) is 0.214. The Morgan fingerprint density at radius 2 is 1.44 bits per heavy atom. The highest BCUT2D eigenvalue weighted by molar-refractivity contribution is 7.81. The van der Waals surface area contributed by atoms with E-state index in [2.05, 4.69) is 0 Å². The first-order valence-electron chi connectivity index (χ1n) is 9.40. The average Bonchev–Trinajstić information content (AvgIpc) is 2.79. The second-order valence-corrected chi connectivity index (χ2v) is 7.19.